The number of rotatable bonds is 3. The average Bonchev–Trinajstić information content (AvgIpc) is 2.46. The fourth-order valence-corrected chi connectivity index (χ4v) is 1.84. The van der Waals surface area contributed by atoms with Crippen molar-refractivity contribution in [2.24, 2.45) is 5.73 Å². The van der Waals surface area contributed by atoms with Gasteiger partial charge in [0.15, 0.2) is 0 Å². The smallest absolute Gasteiger partial charge is 0.259 e. The van der Waals surface area contributed by atoms with E-state index in [0.29, 0.717) is 16.2 Å². The fourth-order valence-electron chi connectivity index (χ4n) is 1.70. The molecule has 5 nitrogen and oxygen atoms in total. The van der Waals surface area contributed by atoms with Gasteiger partial charge in [0.1, 0.15) is 4.99 Å². The maximum atomic E-state index is 12.2. The first kappa shape index (κ1) is 14.0. The SMILES string of the molecule is CN(C(=O)c1ccc(=O)[nH]c1)c1ccc(C(N)=S)cc1. The van der Waals surface area contributed by atoms with Crippen molar-refractivity contribution in [3.05, 3.63) is 64.1 Å². The van der Waals surface area contributed by atoms with Gasteiger partial charge in [-0.3, -0.25) is 9.59 Å². The minimum atomic E-state index is -0.245. The Kier molecular flexibility index (Phi) is 3.95. The lowest BCUT2D eigenvalue weighted by Crippen LogP contribution is -2.27. The summed E-state index contributed by atoms with van der Waals surface area (Å²) in [7, 11) is 1.66. The molecule has 1 aromatic heterocycles. The molecule has 1 aromatic carbocycles. The molecule has 0 aliphatic heterocycles. The maximum absolute atomic E-state index is 12.2. The Hall–Kier alpha value is -2.47. The molecule has 0 atom stereocenters. The summed E-state index contributed by atoms with van der Waals surface area (Å²) in [4.78, 5) is 27.5. The summed E-state index contributed by atoms with van der Waals surface area (Å²) in [5, 5.41) is 0. The third-order valence-corrected chi connectivity index (χ3v) is 3.11. The molecule has 0 spiro atoms. The van der Waals surface area contributed by atoms with Gasteiger partial charge in [-0.25, -0.2) is 0 Å². The number of thiocarbonyl (C=S) groups is 1. The Labute approximate surface area is 121 Å². The van der Waals surface area contributed by atoms with Crippen LogP contribution in [0.5, 0.6) is 0 Å². The first-order chi connectivity index (χ1) is 9.49. The highest BCUT2D eigenvalue weighted by Gasteiger charge is 2.13. The molecule has 0 bridgehead atoms. The van der Waals surface area contributed by atoms with E-state index >= 15 is 0 Å². The van der Waals surface area contributed by atoms with Crippen molar-refractivity contribution in [1.82, 2.24) is 4.98 Å². The number of anilines is 1. The second-order valence-corrected chi connectivity index (χ2v) is 4.66. The minimum absolute atomic E-state index is 0.218. The molecule has 2 aromatic rings. The summed E-state index contributed by atoms with van der Waals surface area (Å²) < 4.78 is 0. The Balaban J connectivity index is 2.24. The lowest BCUT2D eigenvalue weighted by Gasteiger charge is -2.17. The van der Waals surface area contributed by atoms with Crippen LogP contribution in [0.4, 0.5) is 5.69 Å². The molecule has 0 saturated heterocycles. The van der Waals surface area contributed by atoms with Crippen molar-refractivity contribution >= 4 is 28.8 Å². The number of carbonyl (C=O) groups excluding carboxylic acids is 1. The number of pyridine rings is 1. The highest BCUT2D eigenvalue weighted by molar-refractivity contribution is 7.80. The van der Waals surface area contributed by atoms with E-state index in [1.54, 1.807) is 31.3 Å². The molecule has 0 aliphatic carbocycles. The number of benzene rings is 1. The standard InChI is InChI=1S/C14H13N3O2S/c1-17(11-5-2-9(3-6-11)13(15)20)14(19)10-4-7-12(18)16-8-10/h2-8H,1H3,(H2,15,20)(H,16,18). The largest absolute Gasteiger partial charge is 0.389 e. The average molecular weight is 287 g/mol. The fraction of sp³-hybridized carbons (Fsp3) is 0.0714. The van der Waals surface area contributed by atoms with Gasteiger partial charge in [-0.2, -0.15) is 0 Å². The molecule has 20 heavy (non-hydrogen) atoms. The molecule has 3 N–H and O–H groups in total. The monoisotopic (exact) mass is 287 g/mol. The van der Waals surface area contributed by atoms with Crippen LogP contribution in [-0.2, 0) is 0 Å². The molecule has 1 heterocycles. The van der Waals surface area contributed by atoms with Gasteiger partial charge >= 0.3 is 0 Å². The normalized spacial score (nSPS) is 10.1. The van der Waals surface area contributed by atoms with Crippen LogP contribution in [0.3, 0.4) is 0 Å². The summed E-state index contributed by atoms with van der Waals surface area (Å²) >= 11 is 4.87. The number of aromatic amines is 1. The zero-order valence-electron chi connectivity index (χ0n) is 10.8. The van der Waals surface area contributed by atoms with Gasteiger partial charge in [-0.1, -0.05) is 12.2 Å². The molecular formula is C14H13N3O2S. The number of amides is 1. The van der Waals surface area contributed by atoms with Crippen LogP contribution >= 0.6 is 12.2 Å². The zero-order chi connectivity index (χ0) is 14.7. The van der Waals surface area contributed by atoms with E-state index in [4.69, 9.17) is 18.0 Å². The van der Waals surface area contributed by atoms with Crippen molar-refractivity contribution in [1.29, 1.82) is 0 Å². The molecule has 0 radical (unpaired) electrons. The molecule has 0 aliphatic rings. The van der Waals surface area contributed by atoms with Crippen molar-refractivity contribution in [2.45, 2.75) is 0 Å². The lowest BCUT2D eigenvalue weighted by atomic mass is 10.2. The van der Waals surface area contributed by atoms with Crippen LogP contribution in [0.1, 0.15) is 15.9 Å². The maximum Gasteiger partial charge on any atom is 0.259 e. The Morgan fingerprint density at radius 2 is 1.75 bits per heavy atom. The van der Waals surface area contributed by atoms with Crippen LogP contribution in [-0.4, -0.2) is 22.9 Å². The van der Waals surface area contributed by atoms with Crippen molar-refractivity contribution in [2.75, 3.05) is 11.9 Å². The van der Waals surface area contributed by atoms with Gasteiger partial charge in [0, 0.05) is 30.6 Å². The van der Waals surface area contributed by atoms with Crippen LogP contribution < -0.4 is 16.2 Å². The number of carbonyl (C=O) groups is 1. The molecule has 0 saturated carbocycles. The third-order valence-electron chi connectivity index (χ3n) is 2.87. The van der Waals surface area contributed by atoms with Crippen LogP contribution in [0.25, 0.3) is 0 Å². The Morgan fingerprint density at radius 3 is 2.25 bits per heavy atom. The first-order valence-electron chi connectivity index (χ1n) is 5.85. The van der Waals surface area contributed by atoms with E-state index in [2.05, 4.69) is 4.98 Å². The van der Waals surface area contributed by atoms with Gasteiger partial charge < -0.3 is 15.6 Å². The van der Waals surface area contributed by atoms with E-state index in [9.17, 15) is 9.59 Å². The van der Waals surface area contributed by atoms with Crippen molar-refractivity contribution < 1.29 is 4.79 Å². The minimum Gasteiger partial charge on any atom is -0.389 e. The number of nitrogens with two attached hydrogens (primary N) is 1. The summed E-state index contributed by atoms with van der Waals surface area (Å²) in [6.45, 7) is 0. The van der Waals surface area contributed by atoms with E-state index in [0.717, 1.165) is 5.56 Å². The third kappa shape index (κ3) is 2.92. The first-order valence-corrected chi connectivity index (χ1v) is 6.26. The van der Waals surface area contributed by atoms with Crippen LogP contribution in [0.15, 0.2) is 47.4 Å². The van der Waals surface area contributed by atoms with Crippen molar-refractivity contribution in [3.8, 4) is 0 Å². The van der Waals surface area contributed by atoms with Gasteiger partial charge in [-0.05, 0) is 30.3 Å². The summed E-state index contributed by atoms with van der Waals surface area (Å²) in [6.07, 6.45) is 1.39. The molecule has 0 fully saturated rings. The molecule has 6 heteroatoms. The molecule has 0 unspecified atom stereocenters. The van der Waals surface area contributed by atoms with E-state index in [1.807, 2.05) is 0 Å². The summed E-state index contributed by atoms with van der Waals surface area (Å²) in [6, 6.07) is 9.84. The second-order valence-electron chi connectivity index (χ2n) is 4.22. The highest BCUT2D eigenvalue weighted by atomic mass is 32.1. The van der Waals surface area contributed by atoms with E-state index < -0.39 is 0 Å². The van der Waals surface area contributed by atoms with Crippen molar-refractivity contribution in [3.63, 3.8) is 0 Å². The summed E-state index contributed by atoms with van der Waals surface area (Å²) in [5.41, 5.74) is 7.14. The van der Waals surface area contributed by atoms with Crippen LogP contribution in [0, 0.1) is 0 Å². The number of hydrogen-bond acceptors (Lipinski definition) is 3. The number of hydrogen-bond donors (Lipinski definition) is 2. The molecule has 102 valence electrons. The predicted molar refractivity (Wildman–Crippen MR) is 82.1 cm³/mol. The highest BCUT2D eigenvalue weighted by Crippen LogP contribution is 2.16. The number of nitrogens with one attached hydrogen (secondary N) is 1. The second kappa shape index (κ2) is 5.66. The summed E-state index contributed by atoms with van der Waals surface area (Å²) in [5.74, 6) is -0.218. The number of H-pyrrole nitrogens is 1. The van der Waals surface area contributed by atoms with Gasteiger partial charge in [0.05, 0.1) is 5.56 Å². The van der Waals surface area contributed by atoms with Gasteiger partial charge in [-0.15, -0.1) is 0 Å². The van der Waals surface area contributed by atoms with Gasteiger partial charge in [0.25, 0.3) is 5.91 Å². The number of aromatic nitrogens is 1. The van der Waals surface area contributed by atoms with Crippen LogP contribution in [0.2, 0.25) is 0 Å². The molecule has 2 rings (SSSR count). The van der Waals surface area contributed by atoms with E-state index in [1.165, 1.54) is 23.2 Å². The molecule has 1 amide bonds. The quantitative estimate of drug-likeness (QED) is 0.834. The Morgan fingerprint density at radius 1 is 1.15 bits per heavy atom. The number of nitrogens with zero attached hydrogens (tertiary/aromatic N) is 1. The van der Waals surface area contributed by atoms with E-state index in [-0.39, 0.29) is 11.5 Å². The zero-order valence-corrected chi connectivity index (χ0v) is 11.6. The van der Waals surface area contributed by atoms with Gasteiger partial charge in [0.2, 0.25) is 5.56 Å². The topological polar surface area (TPSA) is 79.2 Å². The predicted octanol–water partition coefficient (Wildman–Crippen LogP) is 1.29. The Bertz CT molecular complexity index is 687. The molecular weight excluding hydrogens is 274 g/mol. The lowest BCUT2D eigenvalue weighted by molar-refractivity contribution is 0.0992.